The largest absolute Gasteiger partial charge is 0.381 e. The van der Waals surface area contributed by atoms with Crippen molar-refractivity contribution in [2.24, 2.45) is 0 Å². The standard InChI is InChI=1S/C13H20N2O5/c1-3-19-13(4-6-18-7-5-13)12-14-11(20-15-12)8-10(16)9-17-2/h3-9H2,1-2H3. The smallest absolute Gasteiger partial charge is 0.234 e. The van der Waals surface area contributed by atoms with Crippen molar-refractivity contribution < 1.29 is 23.5 Å². The van der Waals surface area contributed by atoms with Crippen LogP contribution in [0, 0.1) is 0 Å². The summed E-state index contributed by atoms with van der Waals surface area (Å²) in [6, 6.07) is 0. The first-order chi connectivity index (χ1) is 9.70. The molecule has 2 heterocycles. The predicted molar refractivity (Wildman–Crippen MR) is 68.2 cm³/mol. The second-order valence-corrected chi connectivity index (χ2v) is 4.70. The summed E-state index contributed by atoms with van der Waals surface area (Å²) in [5.41, 5.74) is -0.556. The lowest BCUT2D eigenvalue weighted by Crippen LogP contribution is -2.37. The second kappa shape index (κ2) is 6.92. The van der Waals surface area contributed by atoms with E-state index in [2.05, 4.69) is 10.1 Å². The van der Waals surface area contributed by atoms with E-state index in [-0.39, 0.29) is 18.8 Å². The molecule has 1 saturated heterocycles. The third-order valence-corrected chi connectivity index (χ3v) is 3.25. The maximum atomic E-state index is 11.5. The second-order valence-electron chi connectivity index (χ2n) is 4.70. The number of Topliss-reactive ketones (excluding diaryl/α,β-unsaturated/α-hetero) is 1. The van der Waals surface area contributed by atoms with Gasteiger partial charge in [0, 0.05) is 39.8 Å². The van der Waals surface area contributed by atoms with Gasteiger partial charge in [0.15, 0.2) is 5.78 Å². The molecular weight excluding hydrogens is 264 g/mol. The molecule has 7 heteroatoms. The molecule has 112 valence electrons. The maximum Gasteiger partial charge on any atom is 0.234 e. The van der Waals surface area contributed by atoms with Crippen LogP contribution in [-0.2, 0) is 31.0 Å². The van der Waals surface area contributed by atoms with Crippen molar-refractivity contribution >= 4 is 5.78 Å². The van der Waals surface area contributed by atoms with Gasteiger partial charge in [0.1, 0.15) is 12.2 Å². The summed E-state index contributed by atoms with van der Waals surface area (Å²) in [7, 11) is 1.48. The van der Waals surface area contributed by atoms with Gasteiger partial charge in [-0.2, -0.15) is 4.98 Å². The number of aromatic nitrogens is 2. The SMILES string of the molecule is CCOC1(c2noc(CC(=O)COC)n2)CCOCC1. The van der Waals surface area contributed by atoms with E-state index in [0.717, 1.165) is 0 Å². The van der Waals surface area contributed by atoms with Crippen LogP contribution in [0.25, 0.3) is 0 Å². The fourth-order valence-electron chi connectivity index (χ4n) is 2.30. The van der Waals surface area contributed by atoms with Crippen LogP contribution in [0.2, 0.25) is 0 Å². The van der Waals surface area contributed by atoms with Crippen molar-refractivity contribution in [2.45, 2.75) is 31.8 Å². The van der Waals surface area contributed by atoms with Crippen molar-refractivity contribution in [1.29, 1.82) is 0 Å². The molecular formula is C13H20N2O5. The van der Waals surface area contributed by atoms with Gasteiger partial charge < -0.3 is 18.7 Å². The molecule has 0 saturated carbocycles. The van der Waals surface area contributed by atoms with Crippen molar-refractivity contribution in [1.82, 2.24) is 10.1 Å². The third kappa shape index (κ3) is 3.41. The molecule has 0 atom stereocenters. The summed E-state index contributed by atoms with van der Waals surface area (Å²) in [6.45, 7) is 3.74. The summed E-state index contributed by atoms with van der Waals surface area (Å²) in [4.78, 5) is 15.8. The van der Waals surface area contributed by atoms with Gasteiger partial charge in [-0.1, -0.05) is 5.16 Å². The minimum Gasteiger partial charge on any atom is -0.381 e. The van der Waals surface area contributed by atoms with Crippen molar-refractivity contribution in [3.63, 3.8) is 0 Å². The normalized spacial score (nSPS) is 18.1. The van der Waals surface area contributed by atoms with E-state index in [1.165, 1.54) is 7.11 Å². The molecule has 0 N–H and O–H groups in total. The van der Waals surface area contributed by atoms with Crippen LogP contribution in [-0.4, -0.2) is 49.5 Å². The van der Waals surface area contributed by atoms with Crippen LogP contribution < -0.4 is 0 Å². The first kappa shape index (κ1) is 15.1. The van der Waals surface area contributed by atoms with Crippen LogP contribution in [0.3, 0.4) is 0 Å². The van der Waals surface area contributed by atoms with Crippen LogP contribution >= 0.6 is 0 Å². The number of carbonyl (C=O) groups is 1. The molecule has 20 heavy (non-hydrogen) atoms. The number of ketones is 1. The summed E-state index contributed by atoms with van der Waals surface area (Å²) in [5, 5.41) is 3.98. The van der Waals surface area contributed by atoms with Gasteiger partial charge in [-0.25, -0.2) is 0 Å². The maximum absolute atomic E-state index is 11.5. The zero-order valence-corrected chi connectivity index (χ0v) is 11.9. The molecule has 1 aliphatic heterocycles. The Kier molecular flexibility index (Phi) is 5.22. The van der Waals surface area contributed by atoms with E-state index in [1.807, 2.05) is 6.92 Å². The molecule has 1 aliphatic rings. The summed E-state index contributed by atoms with van der Waals surface area (Å²) >= 11 is 0. The zero-order valence-electron chi connectivity index (χ0n) is 11.9. The molecule has 1 aromatic heterocycles. The third-order valence-electron chi connectivity index (χ3n) is 3.25. The lowest BCUT2D eigenvalue weighted by Gasteiger charge is -2.33. The van der Waals surface area contributed by atoms with Gasteiger partial charge in [-0.3, -0.25) is 4.79 Å². The van der Waals surface area contributed by atoms with E-state index >= 15 is 0 Å². The topological polar surface area (TPSA) is 83.7 Å². The number of hydrogen-bond donors (Lipinski definition) is 0. The van der Waals surface area contributed by atoms with Gasteiger partial charge in [-0.15, -0.1) is 0 Å². The number of methoxy groups -OCH3 is 1. The molecule has 0 amide bonds. The number of rotatable bonds is 7. The molecule has 0 aliphatic carbocycles. The van der Waals surface area contributed by atoms with Gasteiger partial charge >= 0.3 is 0 Å². The Hall–Kier alpha value is -1.31. The highest BCUT2D eigenvalue weighted by Gasteiger charge is 2.39. The summed E-state index contributed by atoms with van der Waals surface area (Å²) in [5.74, 6) is 0.704. The highest BCUT2D eigenvalue weighted by molar-refractivity contribution is 5.81. The van der Waals surface area contributed by atoms with Gasteiger partial charge in [0.2, 0.25) is 11.7 Å². The Bertz CT molecular complexity index is 434. The van der Waals surface area contributed by atoms with Crippen molar-refractivity contribution in [2.75, 3.05) is 33.5 Å². The van der Waals surface area contributed by atoms with Crippen LogP contribution in [0.5, 0.6) is 0 Å². The number of carbonyl (C=O) groups excluding carboxylic acids is 1. The summed E-state index contributed by atoms with van der Waals surface area (Å²) < 4.78 is 21.1. The number of nitrogens with zero attached hydrogens (tertiary/aromatic N) is 2. The monoisotopic (exact) mass is 284 g/mol. The van der Waals surface area contributed by atoms with E-state index < -0.39 is 5.60 Å². The fourth-order valence-corrected chi connectivity index (χ4v) is 2.30. The van der Waals surface area contributed by atoms with Gasteiger partial charge in [0.25, 0.3) is 0 Å². The molecule has 1 fully saturated rings. The summed E-state index contributed by atoms with van der Waals surface area (Å²) in [6.07, 6.45) is 1.46. The van der Waals surface area contributed by atoms with Crippen molar-refractivity contribution in [3.8, 4) is 0 Å². The molecule has 0 radical (unpaired) electrons. The van der Waals surface area contributed by atoms with Crippen LogP contribution in [0.15, 0.2) is 4.52 Å². The molecule has 2 rings (SSSR count). The fraction of sp³-hybridized carbons (Fsp3) is 0.769. The molecule has 1 aromatic rings. The van der Waals surface area contributed by atoms with Gasteiger partial charge in [0.05, 0.1) is 6.42 Å². The van der Waals surface area contributed by atoms with E-state index in [1.54, 1.807) is 0 Å². The lowest BCUT2D eigenvalue weighted by molar-refractivity contribution is -0.122. The minimum atomic E-state index is -0.556. The van der Waals surface area contributed by atoms with E-state index in [9.17, 15) is 4.79 Å². The zero-order chi connectivity index (χ0) is 14.4. The predicted octanol–water partition coefficient (Wildman–Crippen LogP) is 0.870. The molecule has 0 unspecified atom stereocenters. The Balaban J connectivity index is 2.10. The molecule has 7 nitrogen and oxygen atoms in total. The van der Waals surface area contributed by atoms with E-state index in [4.69, 9.17) is 18.7 Å². The Morgan fingerprint density at radius 2 is 2.15 bits per heavy atom. The first-order valence-electron chi connectivity index (χ1n) is 6.75. The van der Waals surface area contributed by atoms with Crippen molar-refractivity contribution in [3.05, 3.63) is 11.7 Å². The van der Waals surface area contributed by atoms with Gasteiger partial charge in [-0.05, 0) is 6.92 Å². The lowest BCUT2D eigenvalue weighted by atomic mass is 9.93. The van der Waals surface area contributed by atoms with Crippen LogP contribution in [0.1, 0.15) is 31.5 Å². The average Bonchev–Trinajstić information content (AvgIpc) is 2.89. The Morgan fingerprint density at radius 1 is 1.40 bits per heavy atom. The number of hydrogen-bond acceptors (Lipinski definition) is 7. The Morgan fingerprint density at radius 3 is 2.80 bits per heavy atom. The van der Waals surface area contributed by atoms with E-state index in [0.29, 0.717) is 44.4 Å². The highest BCUT2D eigenvalue weighted by atomic mass is 16.5. The highest BCUT2D eigenvalue weighted by Crippen LogP contribution is 2.34. The molecule has 0 aromatic carbocycles. The first-order valence-corrected chi connectivity index (χ1v) is 6.75. The Labute approximate surface area is 117 Å². The number of ether oxygens (including phenoxy) is 3. The quantitative estimate of drug-likeness (QED) is 0.734. The molecule has 0 bridgehead atoms. The molecule has 0 spiro atoms. The van der Waals surface area contributed by atoms with Crippen LogP contribution in [0.4, 0.5) is 0 Å². The average molecular weight is 284 g/mol. The minimum absolute atomic E-state index is 0.0438.